The lowest BCUT2D eigenvalue weighted by Gasteiger charge is -2.33. The molecule has 2 aliphatic rings. The molecule has 0 bridgehead atoms. The van der Waals surface area contributed by atoms with Gasteiger partial charge in [0.05, 0.1) is 13.7 Å². The number of carbonyl (C=O) groups excluding carboxylic acids is 2. The molecule has 1 saturated carbocycles. The highest BCUT2D eigenvalue weighted by atomic mass is 16.5. The Bertz CT molecular complexity index is 1090. The fourth-order valence-corrected chi connectivity index (χ4v) is 5.25. The molecular weight excluding hydrogens is 494 g/mol. The number of rotatable bonds is 14. The molecule has 212 valence electrons. The van der Waals surface area contributed by atoms with Crippen molar-refractivity contribution in [3.63, 3.8) is 0 Å². The molecule has 0 spiro atoms. The molecule has 0 radical (unpaired) electrons. The number of amides is 2. The van der Waals surface area contributed by atoms with Gasteiger partial charge in [-0.1, -0.05) is 18.2 Å². The van der Waals surface area contributed by atoms with Gasteiger partial charge in [-0.2, -0.15) is 0 Å². The predicted octanol–water partition coefficient (Wildman–Crippen LogP) is 4.10. The third-order valence-electron chi connectivity index (χ3n) is 7.66. The van der Waals surface area contributed by atoms with Crippen LogP contribution in [0.4, 0.5) is 0 Å². The molecule has 2 atom stereocenters. The molecule has 8 nitrogen and oxygen atoms in total. The maximum atomic E-state index is 13.8. The summed E-state index contributed by atoms with van der Waals surface area (Å²) in [4.78, 5) is 31.1. The van der Waals surface area contributed by atoms with Gasteiger partial charge in [0.1, 0.15) is 0 Å². The van der Waals surface area contributed by atoms with Gasteiger partial charge in [0, 0.05) is 69.5 Å². The Hall–Kier alpha value is -3.10. The monoisotopic (exact) mass is 537 g/mol. The molecule has 1 heterocycles. The van der Waals surface area contributed by atoms with E-state index in [1.54, 1.807) is 32.4 Å². The van der Waals surface area contributed by atoms with E-state index in [2.05, 4.69) is 24.1 Å². The van der Waals surface area contributed by atoms with Crippen LogP contribution in [0.5, 0.6) is 11.5 Å². The zero-order valence-electron chi connectivity index (χ0n) is 23.7. The van der Waals surface area contributed by atoms with Crippen LogP contribution in [0.25, 0.3) is 0 Å². The van der Waals surface area contributed by atoms with Crippen molar-refractivity contribution in [2.24, 2.45) is 11.8 Å². The van der Waals surface area contributed by atoms with Gasteiger partial charge in [0.15, 0.2) is 11.5 Å². The second-order valence-corrected chi connectivity index (χ2v) is 10.8. The normalized spacial score (nSPS) is 18.7. The van der Waals surface area contributed by atoms with Gasteiger partial charge < -0.3 is 29.3 Å². The smallest absolute Gasteiger partial charge is 0.254 e. The molecule has 1 N–H and O–H groups in total. The average molecular weight is 538 g/mol. The summed E-state index contributed by atoms with van der Waals surface area (Å²) in [5.41, 5.74) is 1.32. The van der Waals surface area contributed by atoms with Crippen molar-refractivity contribution >= 4 is 11.8 Å². The Balaban J connectivity index is 1.45. The minimum absolute atomic E-state index is 0.0254. The lowest BCUT2D eigenvalue weighted by Crippen LogP contribution is -2.45. The van der Waals surface area contributed by atoms with Crippen LogP contribution in [-0.2, 0) is 4.74 Å². The zero-order chi connectivity index (χ0) is 27.8. The van der Waals surface area contributed by atoms with Gasteiger partial charge in [-0.25, -0.2) is 0 Å². The molecular formula is C31H43N3O5. The van der Waals surface area contributed by atoms with Crippen LogP contribution in [0.3, 0.4) is 0 Å². The first-order valence-electron chi connectivity index (χ1n) is 14.1. The van der Waals surface area contributed by atoms with Crippen LogP contribution in [0.2, 0.25) is 0 Å². The van der Waals surface area contributed by atoms with Crippen LogP contribution in [0.15, 0.2) is 48.5 Å². The number of nitrogens with one attached hydrogen (secondary N) is 1. The first kappa shape index (κ1) is 28.9. The molecule has 2 aromatic rings. The van der Waals surface area contributed by atoms with Crippen LogP contribution >= 0.6 is 0 Å². The van der Waals surface area contributed by atoms with Crippen molar-refractivity contribution in [2.75, 3.05) is 53.6 Å². The highest BCUT2D eigenvalue weighted by molar-refractivity contribution is 5.95. The summed E-state index contributed by atoms with van der Waals surface area (Å²) < 4.78 is 16.5. The molecule has 8 heteroatoms. The highest BCUT2D eigenvalue weighted by Gasteiger charge is 2.38. The molecule has 1 saturated heterocycles. The maximum Gasteiger partial charge on any atom is 0.254 e. The number of benzene rings is 2. The molecule has 2 amide bonds. The van der Waals surface area contributed by atoms with Gasteiger partial charge in [-0.15, -0.1) is 0 Å². The van der Waals surface area contributed by atoms with E-state index in [1.165, 1.54) is 0 Å². The first-order chi connectivity index (χ1) is 18.9. The summed E-state index contributed by atoms with van der Waals surface area (Å²) in [6.07, 6.45) is 2.87. The maximum absolute atomic E-state index is 13.8. The topological polar surface area (TPSA) is 80.3 Å². The summed E-state index contributed by atoms with van der Waals surface area (Å²) in [5.74, 6) is 1.77. The second kappa shape index (κ2) is 13.8. The van der Waals surface area contributed by atoms with Crippen LogP contribution < -0.4 is 14.8 Å². The molecule has 0 unspecified atom stereocenters. The summed E-state index contributed by atoms with van der Waals surface area (Å²) in [7, 11) is 3.26. The summed E-state index contributed by atoms with van der Waals surface area (Å²) >= 11 is 0. The Kier molecular flexibility index (Phi) is 10.2. The average Bonchev–Trinajstić information content (AvgIpc) is 3.70. The summed E-state index contributed by atoms with van der Waals surface area (Å²) in [6, 6.07) is 15.3. The van der Waals surface area contributed by atoms with Crippen molar-refractivity contribution < 1.29 is 23.8 Å². The second-order valence-electron chi connectivity index (χ2n) is 10.8. The fraction of sp³-hybridized carbons (Fsp3) is 0.548. The molecule has 1 aliphatic heterocycles. The summed E-state index contributed by atoms with van der Waals surface area (Å²) in [6.45, 7) is 8.19. The van der Waals surface area contributed by atoms with E-state index in [4.69, 9.17) is 14.2 Å². The predicted molar refractivity (Wildman–Crippen MR) is 152 cm³/mol. The third-order valence-corrected chi connectivity index (χ3v) is 7.66. The van der Waals surface area contributed by atoms with Crippen LogP contribution in [-0.4, -0.2) is 87.3 Å². The van der Waals surface area contributed by atoms with Crippen LogP contribution in [0.1, 0.15) is 53.8 Å². The van der Waals surface area contributed by atoms with Gasteiger partial charge in [-0.05, 0) is 68.9 Å². The zero-order valence-corrected chi connectivity index (χ0v) is 23.7. The van der Waals surface area contributed by atoms with E-state index in [0.717, 1.165) is 37.9 Å². The van der Waals surface area contributed by atoms with E-state index >= 15 is 0 Å². The van der Waals surface area contributed by atoms with E-state index < -0.39 is 0 Å². The number of hydrogen-bond acceptors (Lipinski definition) is 6. The highest BCUT2D eigenvalue weighted by Crippen LogP contribution is 2.32. The Labute approximate surface area is 232 Å². The molecule has 39 heavy (non-hydrogen) atoms. The Morgan fingerprint density at radius 2 is 1.62 bits per heavy atom. The van der Waals surface area contributed by atoms with Crippen molar-refractivity contribution in [2.45, 2.75) is 45.2 Å². The molecule has 2 fully saturated rings. The van der Waals surface area contributed by atoms with E-state index in [1.807, 2.05) is 35.2 Å². The van der Waals surface area contributed by atoms with Gasteiger partial charge >= 0.3 is 0 Å². The Morgan fingerprint density at radius 3 is 2.26 bits per heavy atom. The quantitative estimate of drug-likeness (QED) is 0.366. The van der Waals surface area contributed by atoms with Gasteiger partial charge in [0.25, 0.3) is 11.8 Å². The van der Waals surface area contributed by atoms with E-state index in [9.17, 15) is 9.59 Å². The van der Waals surface area contributed by atoms with E-state index in [0.29, 0.717) is 49.4 Å². The van der Waals surface area contributed by atoms with Gasteiger partial charge in [-0.3, -0.25) is 9.59 Å². The third kappa shape index (κ3) is 7.51. The molecule has 1 aliphatic carbocycles. The van der Waals surface area contributed by atoms with Gasteiger partial charge in [0.2, 0.25) is 0 Å². The standard InChI is InChI=1S/C31H43N3O5/c1-22(2)33(31(36)24-11-14-28(38-4)29(17-24)39-16-8-15-37-3)20-25-18-32-19-26(25)21-34(27-12-13-27)30(35)23-9-6-5-7-10-23/h5-7,9-11,14,17,22,25-27,32H,8,12-13,15-16,18-21H2,1-4H3/t25-,26+/m0/s1. The SMILES string of the molecule is COCCCOc1cc(C(=O)N(C[C@@H]2CNC[C@@H]2CN(C(=O)c2ccccc2)C2CC2)C(C)C)ccc1OC. The van der Waals surface area contributed by atoms with Crippen molar-refractivity contribution in [3.05, 3.63) is 59.7 Å². The molecule has 2 aromatic carbocycles. The number of ether oxygens (including phenoxy) is 3. The molecule has 0 aromatic heterocycles. The molecule has 4 rings (SSSR count). The van der Waals surface area contributed by atoms with Crippen molar-refractivity contribution in [1.29, 1.82) is 0 Å². The van der Waals surface area contributed by atoms with E-state index in [-0.39, 0.29) is 29.7 Å². The van der Waals surface area contributed by atoms with Crippen molar-refractivity contribution in [3.8, 4) is 11.5 Å². The fourth-order valence-electron chi connectivity index (χ4n) is 5.25. The number of nitrogens with zero attached hydrogens (tertiary/aromatic N) is 2. The minimum Gasteiger partial charge on any atom is -0.493 e. The van der Waals surface area contributed by atoms with Crippen LogP contribution in [0, 0.1) is 11.8 Å². The minimum atomic E-state index is -0.0283. The Morgan fingerprint density at radius 1 is 0.897 bits per heavy atom. The lowest BCUT2D eigenvalue weighted by atomic mass is 9.93. The number of methoxy groups -OCH3 is 2. The lowest BCUT2D eigenvalue weighted by molar-refractivity contribution is 0.0613. The van der Waals surface area contributed by atoms with Crippen molar-refractivity contribution in [1.82, 2.24) is 15.1 Å². The number of hydrogen-bond donors (Lipinski definition) is 1. The first-order valence-corrected chi connectivity index (χ1v) is 14.1. The summed E-state index contributed by atoms with van der Waals surface area (Å²) in [5, 5.41) is 3.52. The number of carbonyl (C=O) groups is 2. The largest absolute Gasteiger partial charge is 0.493 e.